The molecule has 1 atom stereocenters. The van der Waals surface area contributed by atoms with Crippen molar-refractivity contribution in [2.24, 2.45) is 0 Å². The fraction of sp³-hybridized carbons (Fsp3) is 0.429. The molecule has 0 amide bonds. The quantitative estimate of drug-likeness (QED) is 0.417. The van der Waals surface area contributed by atoms with Crippen molar-refractivity contribution in [1.29, 1.82) is 0 Å². The average Bonchev–Trinajstić information content (AvgIpc) is 2.48. The Balaban J connectivity index is 0.00000484. The van der Waals surface area contributed by atoms with Crippen LogP contribution in [-0.2, 0) is 18.6 Å². The number of ether oxygens (including phenoxy) is 2. The van der Waals surface area contributed by atoms with Crippen molar-refractivity contribution < 1.29 is 38.2 Å². The summed E-state index contributed by atoms with van der Waals surface area (Å²) in [6.07, 6.45) is 0. The van der Waals surface area contributed by atoms with E-state index < -0.39 is 19.5 Å². The van der Waals surface area contributed by atoms with E-state index in [-0.39, 0.29) is 45.0 Å². The second kappa shape index (κ2) is 10.1. The molecular formula is C14H20O8P-. The van der Waals surface area contributed by atoms with Gasteiger partial charge in [0, 0.05) is 6.66 Å². The number of esters is 2. The van der Waals surface area contributed by atoms with Gasteiger partial charge in [0.2, 0.25) is 0 Å². The number of aliphatic hydroxyl groups excluding tert-OH is 1. The molecule has 23 heavy (non-hydrogen) atoms. The predicted octanol–water partition coefficient (Wildman–Crippen LogP) is 0.828. The zero-order valence-electron chi connectivity index (χ0n) is 11.9. The third-order valence-electron chi connectivity index (χ3n) is 2.32. The van der Waals surface area contributed by atoms with Gasteiger partial charge in [0.25, 0.3) is 0 Å². The Kier molecular flexibility index (Phi) is 9.36. The van der Waals surface area contributed by atoms with E-state index in [1.165, 1.54) is 24.3 Å². The van der Waals surface area contributed by atoms with Gasteiger partial charge in [0.15, 0.2) is 0 Å². The lowest BCUT2D eigenvalue weighted by Crippen LogP contribution is -2.13. The molecule has 9 heteroatoms. The molecule has 1 unspecified atom stereocenters. The van der Waals surface area contributed by atoms with Crippen molar-refractivity contribution in [2.75, 3.05) is 33.1 Å². The summed E-state index contributed by atoms with van der Waals surface area (Å²) in [6.45, 7) is 0.0765. The maximum atomic E-state index is 11.6. The molecule has 8 nitrogen and oxygen atoms in total. The summed E-state index contributed by atoms with van der Waals surface area (Å²) < 4.78 is 24.7. The lowest BCUT2D eigenvalue weighted by Gasteiger charge is -2.17. The van der Waals surface area contributed by atoms with Crippen molar-refractivity contribution in [3.8, 4) is 0 Å². The Labute approximate surface area is 134 Å². The third-order valence-corrected chi connectivity index (χ3v) is 2.97. The van der Waals surface area contributed by atoms with Crippen LogP contribution in [0.1, 0.15) is 28.1 Å². The van der Waals surface area contributed by atoms with E-state index in [9.17, 15) is 19.0 Å². The predicted molar refractivity (Wildman–Crippen MR) is 80.3 cm³/mol. The minimum atomic E-state index is -3.84. The van der Waals surface area contributed by atoms with Crippen LogP contribution in [0.15, 0.2) is 24.3 Å². The summed E-state index contributed by atoms with van der Waals surface area (Å²) in [5.74, 6) is -1.28. The molecular weight excluding hydrogens is 327 g/mol. The summed E-state index contributed by atoms with van der Waals surface area (Å²) in [6, 6.07) is 5.50. The van der Waals surface area contributed by atoms with Gasteiger partial charge in [-0.25, -0.2) is 9.59 Å². The highest BCUT2D eigenvalue weighted by molar-refractivity contribution is 7.50. The number of rotatable bonds is 8. The van der Waals surface area contributed by atoms with Gasteiger partial charge in [0.1, 0.15) is 20.8 Å². The van der Waals surface area contributed by atoms with E-state index in [1.54, 1.807) is 0 Å². The molecule has 1 aromatic carbocycles. The molecule has 0 aromatic heterocycles. The minimum Gasteiger partial charge on any atom is -0.779 e. The molecule has 0 bridgehead atoms. The molecule has 0 aliphatic rings. The van der Waals surface area contributed by atoms with Crippen LogP contribution in [0.4, 0.5) is 0 Å². The molecule has 0 fully saturated rings. The summed E-state index contributed by atoms with van der Waals surface area (Å²) in [7, 11) is -3.84. The zero-order valence-corrected chi connectivity index (χ0v) is 12.8. The highest BCUT2D eigenvalue weighted by Gasteiger charge is 2.11. The lowest BCUT2D eigenvalue weighted by molar-refractivity contribution is -0.197. The molecule has 130 valence electrons. The van der Waals surface area contributed by atoms with Gasteiger partial charge in [-0.05, 0) is 24.3 Å². The van der Waals surface area contributed by atoms with E-state index in [1.807, 2.05) is 0 Å². The highest BCUT2D eigenvalue weighted by Crippen LogP contribution is 2.30. The van der Waals surface area contributed by atoms with Crippen LogP contribution in [0.5, 0.6) is 0 Å². The second-order valence-corrected chi connectivity index (χ2v) is 5.98. The van der Waals surface area contributed by atoms with Gasteiger partial charge in [-0.1, -0.05) is 7.43 Å². The fourth-order valence-corrected chi connectivity index (χ4v) is 1.79. The summed E-state index contributed by atoms with van der Waals surface area (Å²) in [4.78, 5) is 33.8. The van der Waals surface area contributed by atoms with Crippen LogP contribution in [0.2, 0.25) is 0 Å². The summed E-state index contributed by atoms with van der Waals surface area (Å²) >= 11 is 0. The first-order valence-electron chi connectivity index (χ1n) is 6.32. The number of carbonyl (C=O) groups is 2. The molecule has 0 spiro atoms. The molecule has 0 saturated carbocycles. The average molecular weight is 347 g/mol. The van der Waals surface area contributed by atoms with Crippen LogP contribution in [0, 0.1) is 0 Å². The number of benzene rings is 1. The van der Waals surface area contributed by atoms with Gasteiger partial charge in [0.05, 0.1) is 24.3 Å². The zero-order chi connectivity index (χ0) is 16.6. The molecule has 0 radical (unpaired) electrons. The molecule has 1 rings (SSSR count). The van der Waals surface area contributed by atoms with Gasteiger partial charge in [-0.15, -0.1) is 0 Å². The Morgan fingerprint density at radius 2 is 1.48 bits per heavy atom. The normalized spacial score (nSPS) is 12.7. The van der Waals surface area contributed by atoms with Crippen LogP contribution in [0.25, 0.3) is 0 Å². The topological polar surface area (TPSA) is 122 Å². The highest BCUT2D eigenvalue weighted by atomic mass is 31.2. The van der Waals surface area contributed by atoms with E-state index in [0.717, 1.165) is 6.66 Å². The van der Waals surface area contributed by atoms with E-state index in [2.05, 4.69) is 4.52 Å². The van der Waals surface area contributed by atoms with Crippen LogP contribution in [0.3, 0.4) is 0 Å². The van der Waals surface area contributed by atoms with E-state index >= 15 is 0 Å². The van der Waals surface area contributed by atoms with Crippen molar-refractivity contribution >= 4 is 19.5 Å². The number of hydrogen-bond acceptors (Lipinski definition) is 8. The van der Waals surface area contributed by atoms with Crippen molar-refractivity contribution in [2.45, 2.75) is 7.43 Å². The maximum Gasteiger partial charge on any atom is 0.338 e. The Morgan fingerprint density at radius 3 is 1.87 bits per heavy atom. The SMILES string of the molecule is C.CP(=O)([O-])OCCOC(=O)c1ccc(C(=O)OCCO)cc1. The monoisotopic (exact) mass is 347 g/mol. The molecule has 0 aliphatic heterocycles. The van der Waals surface area contributed by atoms with Gasteiger partial charge in [-0.2, -0.15) is 0 Å². The Bertz CT molecular complexity index is 548. The summed E-state index contributed by atoms with van der Waals surface area (Å²) in [5, 5.41) is 8.55. The van der Waals surface area contributed by atoms with Gasteiger partial charge < -0.3 is 28.6 Å². The number of hydrogen-bond donors (Lipinski definition) is 1. The molecule has 0 aliphatic carbocycles. The third kappa shape index (κ3) is 8.47. The first-order valence-corrected chi connectivity index (χ1v) is 8.30. The fourth-order valence-electron chi connectivity index (χ4n) is 1.38. The lowest BCUT2D eigenvalue weighted by atomic mass is 10.1. The van der Waals surface area contributed by atoms with E-state index in [4.69, 9.17) is 14.6 Å². The first-order chi connectivity index (χ1) is 10.3. The van der Waals surface area contributed by atoms with Crippen molar-refractivity contribution in [1.82, 2.24) is 0 Å². The van der Waals surface area contributed by atoms with Gasteiger partial charge >= 0.3 is 11.9 Å². The van der Waals surface area contributed by atoms with Crippen molar-refractivity contribution in [3.05, 3.63) is 35.4 Å². The summed E-state index contributed by atoms with van der Waals surface area (Å²) in [5.41, 5.74) is 0.423. The Hall–Kier alpha value is -1.73. The number of carbonyl (C=O) groups excluding carboxylic acids is 2. The molecule has 0 saturated heterocycles. The maximum absolute atomic E-state index is 11.6. The molecule has 1 N–H and O–H groups in total. The van der Waals surface area contributed by atoms with Gasteiger partial charge in [-0.3, -0.25) is 0 Å². The van der Waals surface area contributed by atoms with Crippen LogP contribution >= 0.6 is 7.60 Å². The molecule has 0 heterocycles. The van der Waals surface area contributed by atoms with E-state index in [0.29, 0.717) is 0 Å². The standard InChI is InChI=1S/C13H17O8P.CH4/c1-22(17,18)21-9-8-20-13(16)11-4-2-10(3-5-11)12(15)19-7-6-14;/h2-5,14H,6-9H2,1H3,(H,17,18);1H4/p-1. The largest absolute Gasteiger partial charge is 0.779 e. The van der Waals surface area contributed by atoms with Crippen LogP contribution < -0.4 is 4.89 Å². The van der Waals surface area contributed by atoms with Crippen LogP contribution in [-0.4, -0.2) is 50.1 Å². The second-order valence-electron chi connectivity index (χ2n) is 4.18. The minimum absolute atomic E-state index is 0. The first kappa shape index (κ1) is 21.3. The number of aliphatic hydroxyl groups is 1. The smallest absolute Gasteiger partial charge is 0.338 e. The van der Waals surface area contributed by atoms with Crippen molar-refractivity contribution in [3.63, 3.8) is 0 Å². The Morgan fingerprint density at radius 1 is 1.04 bits per heavy atom. The molecule has 1 aromatic rings.